The summed E-state index contributed by atoms with van der Waals surface area (Å²) in [6.07, 6.45) is 3.74. The molecule has 2 N–H and O–H groups in total. The minimum atomic E-state index is -0.0482. The first-order valence-corrected chi connectivity index (χ1v) is 5.65. The molecule has 1 aliphatic carbocycles. The summed E-state index contributed by atoms with van der Waals surface area (Å²) in [5.74, 6) is 1.18. The Morgan fingerprint density at radius 3 is 2.94 bits per heavy atom. The van der Waals surface area contributed by atoms with Gasteiger partial charge in [0.25, 0.3) is 5.91 Å². The van der Waals surface area contributed by atoms with Crippen LogP contribution < -0.4 is 5.73 Å². The largest absolute Gasteiger partial charge is 0.384 e. The lowest BCUT2D eigenvalue weighted by Gasteiger charge is -2.16. The van der Waals surface area contributed by atoms with Gasteiger partial charge in [-0.2, -0.15) is 0 Å². The van der Waals surface area contributed by atoms with E-state index in [2.05, 4.69) is 4.98 Å². The summed E-state index contributed by atoms with van der Waals surface area (Å²) in [7, 11) is 1.82. The first kappa shape index (κ1) is 10.9. The predicted molar refractivity (Wildman–Crippen MR) is 63.0 cm³/mol. The molecule has 1 aromatic heterocycles. The van der Waals surface area contributed by atoms with E-state index in [-0.39, 0.29) is 5.91 Å². The van der Waals surface area contributed by atoms with Crippen LogP contribution in [0.15, 0.2) is 18.2 Å². The van der Waals surface area contributed by atoms with Crippen LogP contribution in [0.2, 0.25) is 0 Å². The van der Waals surface area contributed by atoms with Gasteiger partial charge in [-0.25, -0.2) is 4.98 Å². The van der Waals surface area contributed by atoms with Gasteiger partial charge in [-0.3, -0.25) is 4.79 Å². The summed E-state index contributed by atoms with van der Waals surface area (Å²) >= 11 is 0. The van der Waals surface area contributed by atoms with E-state index >= 15 is 0 Å². The van der Waals surface area contributed by atoms with Gasteiger partial charge in [-0.05, 0) is 24.5 Å². The molecular weight excluding hydrogens is 202 g/mol. The maximum atomic E-state index is 11.9. The van der Waals surface area contributed by atoms with E-state index in [1.165, 1.54) is 12.8 Å². The molecule has 4 heteroatoms. The van der Waals surface area contributed by atoms with Crippen molar-refractivity contribution >= 4 is 11.7 Å². The van der Waals surface area contributed by atoms with E-state index in [9.17, 15) is 4.79 Å². The van der Waals surface area contributed by atoms with Crippen LogP contribution in [0.5, 0.6) is 0 Å². The Morgan fingerprint density at radius 2 is 2.31 bits per heavy atom. The summed E-state index contributed by atoms with van der Waals surface area (Å²) in [4.78, 5) is 17.7. The van der Waals surface area contributed by atoms with Crippen molar-refractivity contribution in [1.29, 1.82) is 0 Å². The Morgan fingerprint density at radius 1 is 1.56 bits per heavy atom. The molecule has 86 valence electrons. The highest BCUT2D eigenvalue weighted by molar-refractivity contribution is 5.92. The average molecular weight is 219 g/mol. The number of nitrogens with two attached hydrogens (primary N) is 1. The van der Waals surface area contributed by atoms with E-state index in [0.29, 0.717) is 11.5 Å². The van der Waals surface area contributed by atoms with Gasteiger partial charge in [0.2, 0.25) is 0 Å². The summed E-state index contributed by atoms with van der Waals surface area (Å²) in [5.41, 5.74) is 5.98. The highest BCUT2D eigenvalue weighted by Gasteiger charge is 2.22. The zero-order valence-electron chi connectivity index (χ0n) is 9.52. The van der Waals surface area contributed by atoms with Gasteiger partial charge in [0.1, 0.15) is 11.5 Å². The zero-order valence-corrected chi connectivity index (χ0v) is 9.52. The van der Waals surface area contributed by atoms with Crippen molar-refractivity contribution in [3.05, 3.63) is 23.9 Å². The Balaban J connectivity index is 1.94. The molecule has 0 atom stereocenters. The fourth-order valence-corrected chi connectivity index (χ4v) is 1.65. The maximum Gasteiger partial charge on any atom is 0.272 e. The molecule has 1 aliphatic rings. The number of carbonyl (C=O) groups is 1. The van der Waals surface area contributed by atoms with E-state index in [4.69, 9.17) is 5.73 Å². The number of anilines is 1. The molecule has 0 aromatic carbocycles. The smallest absolute Gasteiger partial charge is 0.272 e. The van der Waals surface area contributed by atoms with Crippen LogP contribution in [0.25, 0.3) is 0 Å². The number of nitrogen functional groups attached to an aromatic ring is 1. The number of carbonyl (C=O) groups excluding carboxylic acids is 1. The van der Waals surface area contributed by atoms with Crippen LogP contribution >= 0.6 is 0 Å². The maximum absolute atomic E-state index is 11.9. The number of pyridine rings is 1. The van der Waals surface area contributed by atoms with Crippen molar-refractivity contribution in [1.82, 2.24) is 9.88 Å². The molecular formula is C12H17N3O. The molecule has 0 unspecified atom stereocenters. The number of aromatic nitrogens is 1. The molecule has 0 radical (unpaired) electrons. The van der Waals surface area contributed by atoms with Crippen LogP contribution in [0.4, 0.5) is 5.82 Å². The van der Waals surface area contributed by atoms with Crippen molar-refractivity contribution in [2.75, 3.05) is 19.3 Å². The molecule has 0 saturated heterocycles. The molecule has 1 amide bonds. The first-order valence-electron chi connectivity index (χ1n) is 5.65. The second-order valence-electron chi connectivity index (χ2n) is 4.41. The number of hydrogen-bond acceptors (Lipinski definition) is 3. The summed E-state index contributed by atoms with van der Waals surface area (Å²) in [6, 6.07) is 5.14. The van der Waals surface area contributed by atoms with E-state index in [0.717, 1.165) is 18.9 Å². The lowest BCUT2D eigenvalue weighted by molar-refractivity contribution is 0.0786. The lowest BCUT2D eigenvalue weighted by Crippen LogP contribution is -2.28. The van der Waals surface area contributed by atoms with Crippen molar-refractivity contribution in [2.45, 2.75) is 19.3 Å². The van der Waals surface area contributed by atoms with Crippen molar-refractivity contribution < 1.29 is 4.79 Å². The second kappa shape index (κ2) is 4.51. The molecule has 16 heavy (non-hydrogen) atoms. The van der Waals surface area contributed by atoms with E-state index in [1.54, 1.807) is 23.1 Å². The standard InChI is InChI=1S/C12H17N3O/c1-15(8-7-9-5-6-9)12(16)10-3-2-4-11(13)14-10/h2-4,9H,5-8H2,1H3,(H2,13,14). The third-order valence-corrected chi connectivity index (χ3v) is 2.91. The average Bonchev–Trinajstić information content (AvgIpc) is 3.08. The Kier molecular flexibility index (Phi) is 3.08. The summed E-state index contributed by atoms with van der Waals surface area (Å²) in [5, 5.41) is 0. The van der Waals surface area contributed by atoms with Gasteiger partial charge < -0.3 is 10.6 Å². The highest BCUT2D eigenvalue weighted by Crippen LogP contribution is 2.32. The molecule has 2 rings (SSSR count). The van der Waals surface area contributed by atoms with Gasteiger partial charge in [0, 0.05) is 13.6 Å². The summed E-state index contributed by atoms with van der Waals surface area (Å²) < 4.78 is 0. The number of rotatable bonds is 4. The van der Waals surface area contributed by atoms with Gasteiger partial charge in [0.15, 0.2) is 0 Å². The number of amides is 1. The molecule has 4 nitrogen and oxygen atoms in total. The molecule has 1 saturated carbocycles. The Labute approximate surface area is 95.5 Å². The van der Waals surface area contributed by atoms with Crippen LogP contribution in [0.1, 0.15) is 29.8 Å². The van der Waals surface area contributed by atoms with Gasteiger partial charge in [-0.15, -0.1) is 0 Å². The first-order chi connectivity index (χ1) is 7.66. The van der Waals surface area contributed by atoms with E-state index < -0.39 is 0 Å². The highest BCUT2D eigenvalue weighted by atomic mass is 16.2. The molecule has 0 spiro atoms. The number of nitrogens with zero attached hydrogens (tertiary/aromatic N) is 2. The normalized spacial score (nSPS) is 14.8. The van der Waals surface area contributed by atoms with Crippen LogP contribution in [-0.2, 0) is 0 Å². The Bertz CT molecular complexity index is 388. The fourth-order valence-electron chi connectivity index (χ4n) is 1.65. The molecule has 0 aliphatic heterocycles. The van der Waals surface area contributed by atoms with Crippen LogP contribution in [-0.4, -0.2) is 29.4 Å². The van der Waals surface area contributed by atoms with Gasteiger partial charge in [0.05, 0.1) is 0 Å². The molecule has 1 heterocycles. The molecule has 1 aromatic rings. The quantitative estimate of drug-likeness (QED) is 0.835. The van der Waals surface area contributed by atoms with Crippen LogP contribution in [0, 0.1) is 5.92 Å². The van der Waals surface area contributed by atoms with Crippen molar-refractivity contribution in [3.63, 3.8) is 0 Å². The summed E-state index contributed by atoms with van der Waals surface area (Å²) in [6.45, 7) is 0.806. The third kappa shape index (κ3) is 2.72. The fraction of sp³-hybridized carbons (Fsp3) is 0.500. The minimum absolute atomic E-state index is 0.0482. The monoisotopic (exact) mass is 219 g/mol. The SMILES string of the molecule is CN(CCC1CC1)C(=O)c1cccc(N)n1. The molecule has 0 bridgehead atoms. The third-order valence-electron chi connectivity index (χ3n) is 2.91. The zero-order chi connectivity index (χ0) is 11.5. The Hall–Kier alpha value is -1.58. The molecule has 1 fully saturated rings. The predicted octanol–water partition coefficient (Wildman–Crippen LogP) is 1.54. The topological polar surface area (TPSA) is 59.2 Å². The van der Waals surface area contributed by atoms with Gasteiger partial charge >= 0.3 is 0 Å². The minimum Gasteiger partial charge on any atom is -0.384 e. The second-order valence-corrected chi connectivity index (χ2v) is 4.41. The van der Waals surface area contributed by atoms with Crippen molar-refractivity contribution in [2.24, 2.45) is 5.92 Å². The van der Waals surface area contributed by atoms with E-state index in [1.807, 2.05) is 7.05 Å². The van der Waals surface area contributed by atoms with Crippen molar-refractivity contribution in [3.8, 4) is 0 Å². The van der Waals surface area contributed by atoms with Gasteiger partial charge in [-0.1, -0.05) is 18.9 Å². The van der Waals surface area contributed by atoms with Crippen LogP contribution in [0.3, 0.4) is 0 Å². The lowest BCUT2D eigenvalue weighted by atomic mass is 10.2. The number of hydrogen-bond donors (Lipinski definition) is 1.